The lowest BCUT2D eigenvalue weighted by molar-refractivity contribution is 0.00236. The van der Waals surface area contributed by atoms with Crippen LogP contribution in [-0.2, 0) is 22.3 Å². The van der Waals surface area contributed by atoms with Crippen LogP contribution in [0.25, 0.3) is 0 Å². The van der Waals surface area contributed by atoms with Gasteiger partial charge in [0, 0.05) is 7.11 Å². The minimum absolute atomic E-state index is 0.154. The second-order valence-corrected chi connectivity index (χ2v) is 6.87. The summed E-state index contributed by atoms with van der Waals surface area (Å²) >= 11 is 0. The first-order chi connectivity index (χ1) is 12.1. The molecular weight excluding hydrogens is 312 g/mol. The fourth-order valence-corrected chi connectivity index (χ4v) is 3.13. The van der Waals surface area contributed by atoms with Gasteiger partial charge in [-0.3, -0.25) is 0 Å². The highest BCUT2D eigenvalue weighted by molar-refractivity contribution is 5.90. The van der Waals surface area contributed by atoms with Gasteiger partial charge in [-0.05, 0) is 48.9 Å². The van der Waals surface area contributed by atoms with Crippen LogP contribution in [0.2, 0.25) is 0 Å². The van der Waals surface area contributed by atoms with Gasteiger partial charge in [-0.15, -0.1) is 0 Å². The third-order valence-corrected chi connectivity index (χ3v) is 4.37. The molecule has 3 heteroatoms. The number of hydrogen-bond donors (Lipinski definition) is 0. The Balaban J connectivity index is 2.77. The highest BCUT2D eigenvalue weighted by Gasteiger charge is 2.17. The molecule has 1 aromatic rings. The average Bonchev–Trinajstić information content (AvgIpc) is 2.59. The summed E-state index contributed by atoms with van der Waals surface area (Å²) < 4.78 is 11.0. The van der Waals surface area contributed by atoms with Gasteiger partial charge in [-0.1, -0.05) is 58.9 Å². The molecule has 0 spiro atoms. The van der Waals surface area contributed by atoms with Crippen LogP contribution in [0.4, 0.5) is 0 Å². The predicted octanol–water partition coefficient (Wildman–Crippen LogP) is 5.73. The number of methoxy groups -OCH3 is 1. The molecule has 25 heavy (non-hydrogen) atoms. The summed E-state index contributed by atoms with van der Waals surface area (Å²) in [7, 11) is 1.66. The first-order valence-electron chi connectivity index (χ1n) is 9.97. The van der Waals surface area contributed by atoms with Gasteiger partial charge in [0.25, 0.3) is 0 Å². The van der Waals surface area contributed by atoms with Crippen molar-refractivity contribution >= 4 is 5.97 Å². The summed E-state index contributed by atoms with van der Waals surface area (Å²) in [6.45, 7) is 6.99. The van der Waals surface area contributed by atoms with Crippen molar-refractivity contribution in [1.82, 2.24) is 0 Å². The van der Waals surface area contributed by atoms with Crippen LogP contribution in [0.15, 0.2) is 18.2 Å². The van der Waals surface area contributed by atoms with Gasteiger partial charge in [-0.2, -0.15) is 0 Å². The molecule has 0 aliphatic rings. The molecule has 3 nitrogen and oxygen atoms in total. The van der Waals surface area contributed by atoms with Gasteiger partial charge in [0.05, 0.1) is 12.2 Å². The van der Waals surface area contributed by atoms with Crippen molar-refractivity contribution in [3.63, 3.8) is 0 Å². The normalized spacial score (nSPS) is 12.2. The van der Waals surface area contributed by atoms with E-state index in [1.54, 1.807) is 7.11 Å². The maximum Gasteiger partial charge on any atom is 0.338 e. The van der Waals surface area contributed by atoms with Crippen LogP contribution in [0, 0.1) is 0 Å². The third kappa shape index (κ3) is 8.53. The molecule has 0 amide bonds. The zero-order valence-corrected chi connectivity index (χ0v) is 16.6. The molecule has 0 aliphatic carbocycles. The number of unbranched alkanes of at least 4 members (excludes halogenated alkanes) is 3. The molecule has 0 aliphatic heterocycles. The van der Waals surface area contributed by atoms with Gasteiger partial charge in [-0.25, -0.2) is 4.79 Å². The van der Waals surface area contributed by atoms with Gasteiger partial charge in [0.15, 0.2) is 0 Å². The van der Waals surface area contributed by atoms with Crippen molar-refractivity contribution in [2.75, 3.05) is 13.7 Å². The summed E-state index contributed by atoms with van der Waals surface area (Å²) in [5, 5.41) is 0. The lowest BCUT2D eigenvalue weighted by Gasteiger charge is -2.18. The minimum atomic E-state index is -0.215. The molecule has 0 N–H and O–H groups in total. The topological polar surface area (TPSA) is 35.5 Å². The lowest BCUT2D eigenvalue weighted by Crippen LogP contribution is -2.23. The Morgan fingerprint density at radius 3 is 2.08 bits per heavy atom. The molecule has 0 saturated heterocycles. The fourth-order valence-electron chi connectivity index (χ4n) is 3.13. The van der Waals surface area contributed by atoms with Crippen molar-refractivity contribution in [2.45, 2.75) is 84.7 Å². The van der Waals surface area contributed by atoms with E-state index in [1.165, 1.54) is 30.4 Å². The summed E-state index contributed by atoms with van der Waals surface area (Å²) in [6.07, 6.45) is 9.56. The predicted molar refractivity (Wildman–Crippen MR) is 104 cm³/mol. The molecule has 1 aromatic carbocycles. The summed E-state index contributed by atoms with van der Waals surface area (Å²) in [6, 6.07) is 6.21. The number of ether oxygens (including phenoxy) is 2. The Labute approximate surface area is 154 Å². The van der Waals surface area contributed by atoms with Crippen LogP contribution < -0.4 is 0 Å². The quantitative estimate of drug-likeness (QED) is 0.337. The van der Waals surface area contributed by atoms with E-state index in [4.69, 9.17) is 9.47 Å². The summed E-state index contributed by atoms with van der Waals surface area (Å²) in [5.74, 6) is -0.215. The molecule has 0 aromatic heterocycles. The van der Waals surface area contributed by atoms with E-state index in [-0.39, 0.29) is 12.1 Å². The van der Waals surface area contributed by atoms with E-state index < -0.39 is 0 Å². The molecule has 0 fully saturated rings. The number of esters is 1. The van der Waals surface area contributed by atoms with Crippen molar-refractivity contribution in [2.24, 2.45) is 0 Å². The Morgan fingerprint density at radius 1 is 0.920 bits per heavy atom. The molecule has 0 saturated carbocycles. The summed E-state index contributed by atoms with van der Waals surface area (Å²) in [4.78, 5) is 12.7. The lowest BCUT2D eigenvalue weighted by atomic mass is 10.00. The highest BCUT2D eigenvalue weighted by Crippen LogP contribution is 2.17. The van der Waals surface area contributed by atoms with E-state index in [1.807, 2.05) is 12.1 Å². The average molecular weight is 349 g/mol. The first kappa shape index (κ1) is 21.7. The smallest absolute Gasteiger partial charge is 0.338 e. The van der Waals surface area contributed by atoms with Gasteiger partial charge < -0.3 is 9.47 Å². The van der Waals surface area contributed by atoms with Gasteiger partial charge in [0.1, 0.15) is 6.10 Å². The second-order valence-electron chi connectivity index (χ2n) is 6.87. The number of rotatable bonds is 13. The highest BCUT2D eigenvalue weighted by atomic mass is 16.6. The van der Waals surface area contributed by atoms with Crippen LogP contribution in [0.3, 0.4) is 0 Å². The van der Waals surface area contributed by atoms with Crippen molar-refractivity contribution in [3.05, 3.63) is 34.9 Å². The molecule has 0 heterocycles. The molecule has 1 unspecified atom stereocenters. The Morgan fingerprint density at radius 2 is 1.56 bits per heavy atom. The number of carbonyl (C=O) groups excluding carboxylic acids is 1. The Kier molecular flexibility index (Phi) is 11.2. The van der Waals surface area contributed by atoms with Crippen molar-refractivity contribution in [1.29, 1.82) is 0 Å². The number of carbonyl (C=O) groups is 1. The standard InChI is InChI=1S/C22H36O3/c1-5-8-9-10-13-21(17-24-4)25-22(23)20-15-18(11-6-2)14-19(16-20)12-7-3/h14-16,21H,5-13,17H2,1-4H3. The monoisotopic (exact) mass is 348 g/mol. The Hall–Kier alpha value is -1.35. The van der Waals surface area contributed by atoms with Crippen molar-refractivity contribution in [3.8, 4) is 0 Å². The van der Waals surface area contributed by atoms with Crippen LogP contribution in [0.5, 0.6) is 0 Å². The molecule has 0 radical (unpaired) electrons. The van der Waals surface area contributed by atoms with Crippen molar-refractivity contribution < 1.29 is 14.3 Å². The van der Waals surface area contributed by atoms with Crippen LogP contribution in [0.1, 0.15) is 87.2 Å². The molecule has 142 valence electrons. The number of aryl methyl sites for hydroxylation is 2. The zero-order valence-electron chi connectivity index (χ0n) is 16.6. The van der Waals surface area contributed by atoms with Crippen LogP contribution >= 0.6 is 0 Å². The maximum atomic E-state index is 12.7. The SMILES string of the molecule is CCCCCCC(COC)OC(=O)c1cc(CCC)cc(CCC)c1. The number of hydrogen-bond acceptors (Lipinski definition) is 3. The zero-order chi connectivity index (χ0) is 18.5. The largest absolute Gasteiger partial charge is 0.456 e. The molecule has 1 atom stereocenters. The minimum Gasteiger partial charge on any atom is -0.456 e. The van der Waals surface area contributed by atoms with E-state index in [0.717, 1.165) is 38.5 Å². The Bertz CT molecular complexity index is 472. The maximum absolute atomic E-state index is 12.7. The molecule has 0 bridgehead atoms. The third-order valence-electron chi connectivity index (χ3n) is 4.37. The molecular formula is C22H36O3. The second kappa shape index (κ2) is 12.9. The number of benzene rings is 1. The van der Waals surface area contributed by atoms with Crippen LogP contribution in [-0.4, -0.2) is 25.8 Å². The van der Waals surface area contributed by atoms with Gasteiger partial charge in [0.2, 0.25) is 0 Å². The van der Waals surface area contributed by atoms with Gasteiger partial charge >= 0.3 is 5.97 Å². The summed E-state index contributed by atoms with van der Waals surface area (Å²) in [5.41, 5.74) is 3.14. The van der Waals surface area contributed by atoms with E-state index in [2.05, 4.69) is 26.8 Å². The molecule has 1 rings (SSSR count). The fraction of sp³-hybridized carbons (Fsp3) is 0.682. The van der Waals surface area contributed by atoms with E-state index >= 15 is 0 Å². The van der Waals surface area contributed by atoms with E-state index in [0.29, 0.717) is 12.2 Å². The first-order valence-corrected chi connectivity index (χ1v) is 9.97. The van der Waals surface area contributed by atoms with E-state index in [9.17, 15) is 4.79 Å².